The lowest BCUT2D eigenvalue weighted by atomic mass is 9.90. The summed E-state index contributed by atoms with van der Waals surface area (Å²) in [6.07, 6.45) is 1.88. The second-order valence-corrected chi connectivity index (χ2v) is 6.96. The molecular weight excluding hydrogens is 286 g/mol. The number of likely N-dealkylation sites (tertiary alicyclic amines) is 1. The van der Waals surface area contributed by atoms with E-state index < -0.39 is 6.10 Å². The molecule has 2 aliphatic rings. The molecule has 2 unspecified atom stereocenters. The summed E-state index contributed by atoms with van der Waals surface area (Å²) in [5, 5.41) is 11.6. The highest BCUT2D eigenvalue weighted by Crippen LogP contribution is 2.41. The van der Waals surface area contributed by atoms with Gasteiger partial charge in [0.1, 0.15) is 18.5 Å². The van der Waals surface area contributed by atoms with Crippen molar-refractivity contribution in [3.63, 3.8) is 0 Å². The summed E-state index contributed by atoms with van der Waals surface area (Å²) in [6, 6.07) is 1.99. The Labute approximate surface area is 131 Å². The van der Waals surface area contributed by atoms with Crippen LogP contribution in [0.5, 0.6) is 5.75 Å². The summed E-state index contributed by atoms with van der Waals surface area (Å²) in [4.78, 5) is 2.38. The first-order chi connectivity index (χ1) is 9.99. The van der Waals surface area contributed by atoms with Crippen molar-refractivity contribution in [3.8, 4) is 5.75 Å². The molecule has 1 aromatic carbocycles. The molecule has 0 amide bonds. The highest BCUT2D eigenvalue weighted by atomic mass is 35.5. The zero-order valence-corrected chi connectivity index (χ0v) is 13.8. The zero-order chi connectivity index (χ0) is 15.1. The van der Waals surface area contributed by atoms with E-state index in [0.29, 0.717) is 6.61 Å². The van der Waals surface area contributed by atoms with Crippen molar-refractivity contribution in [1.29, 1.82) is 0 Å². The van der Waals surface area contributed by atoms with Gasteiger partial charge in [-0.25, -0.2) is 0 Å². The first-order valence-electron chi connectivity index (χ1n) is 7.83. The van der Waals surface area contributed by atoms with Gasteiger partial charge in [0.15, 0.2) is 0 Å². The fourth-order valence-corrected chi connectivity index (χ4v) is 3.70. The maximum absolute atomic E-state index is 10.9. The number of hydrogen-bond donors (Lipinski definition) is 1. The number of nitrogens with zero attached hydrogens (tertiary/aromatic N) is 1. The van der Waals surface area contributed by atoms with Crippen LogP contribution >= 0.6 is 11.6 Å². The van der Waals surface area contributed by atoms with E-state index in [1.807, 2.05) is 19.9 Å². The number of piperidine rings is 1. The number of rotatable bonds is 1. The molecule has 3 rings (SSSR count). The predicted octanol–water partition coefficient (Wildman–Crippen LogP) is 3.48. The molecule has 0 spiro atoms. The second-order valence-electron chi connectivity index (χ2n) is 6.59. The van der Waals surface area contributed by atoms with Crippen LogP contribution in [0.4, 0.5) is 0 Å². The number of fused-ring (bicyclic) bond motifs is 1. The van der Waals surface area contributed by atoms with Gasteiger partial charge in [-0.3, -0.25) is 4.90 Å². The van der Waals surface area contributed by atoms with Gasteiger partial charge in [-0.05, 0) is 62.9 Å². The first kappa shape index (κ1) is 15.1. The molecule has 0 radical (unpaired) electrons. The third kappa shape index (κ3) is 2.67. The average Bonchev–Trinajstić information content (AvgIpc) is 2.46. The minimum Gasteiger partial charge on any atom is -0.491 e. The van der Waals surface area contributed by atoms with E-state index >= 15 is 0 Å². The van der Waals surface area contributed by atoms with Crippen molar-refractivity contribution in [3.05, 3.63) is 27.8 Å². The maximum atomic E-state index is 10.9. The van der Waals surface area contributed by atoms with Crippen LogP contribution in [0, 0.1) is 19.8 Å². The molecule has 0 aromatic heterocycles. The van der Waals surface area contributed by atoms with E-state index in [-0.39, 0.29) is 6.04 Å². The molecule has 2 aliphatic heterocycles. The van der Waals surface area contributed by atoms with E-state index in [1.54, 1.807) is 0 Å². The Balaban J connectivity index is 1.88. The quantitative estimate of drug-likeness (QED) is 0.862. The molecule has 0 bridgehead atoms. The fourth-order valence-electron chi connectivity index (χ4n) is 3.55. The fraction of sp³-hybridized carbons (Fsp3) is 0.647. The van der Waals surface area contributed by atoms with E-state index in [0.717, 1.165) is 46.5 Å². The third-order valence-corrected chi connectivity index (χ3v) is 5.63. The molecule has 4 heteroatoms. The highest BCUT2D eigenvalue weighted by Gasteiger charge is 2.36. The molecule has 1 N–H and O–H groups in total. The van der Waals surface area contributed by atoms with Crippen LogP contribution < -0.4 is 4.74 Å². The van der Waals surface area contributed by atoms with Crippen molar-refractivity contribution < 1.29 is 9.84 Å². The predicted molar refractivity (Wildman–Crippen MR) is 85.1 cm³/mol. The van der Waals surface area contributed by atoms with Crippen molar-refractivity contribution in [1.82, 2.24) is 4.90 Å². The summed E-state index contributed by atoms with van der Waals surface area (Å²) in [5.74, 6) is 1.58. The van der Waals surface area contributed by atoms with E-state index in [1.165, 1.54) is 12.8 Å². The van der Waals surface area contributed by atoms with Crippen molar-refractivity contribution in [2.45, 2.75) is 45.8 Å². The van der Waals surface area contributed by atoms with Gasteiger partial charge in [0, 0.05) is 10.6 Å². The Morgan fingerprint density at radius 3 is 2.62 bits per heavy atom. The van der Waals surface area contributed by atoms with Crippen LogP contribution in [0.1, 0.15) is 42.6 Å². The van der Waals surface area contributed by atoms with Gasteiger partial charge in [0.2, 0.25) is 0 Å². The van der Waals surface area contributed by atoms with Gasteiger partial charge in [-0.15, -0.1) is 0 Å². The molecule has 2 heterocycles. The van der Waals surface area contributed by atoms with Gasteiger partial charge >= 0.3 is 0 Å². The summed E-state index contributed by atoms with van der Waals surface area (Å²) in [6.45, 7) is 8.89. The van der Waals surface area contributed by atoms with Crippen LogP contribution in [0.25, 0.3) is 0 Å². The first-order valence-corrected chi connectivity index (χ1v) is 8.21. The van der Waals surface area contributed by atoms with Crippen LogP contribution in [0.15, 0.2) is 6.07 Å². The SMILES string of the molecule is Cc1cc2c(c(C)c1Cl)C(O)C(N1CCC(C)CC1)CO2. The number of benzene rings is 1. The second kappa shape index (κ2) is 5.79. The molecule has 1 saturated heterocycles. The molecule has 1 fully saturated rings. The minimum absolute atomic E-state index is 0.0440. The standard InChI is InChI=1S/C17H24ClNO2/c1-10-4-6-19(7-5-10)13-9-21-14-8-11(2)16(18)12(3)15(14)17(13)20/h8,10,13,17,20H,4-7,9H2,1-3H3. The topological polar surface area (TPSA) is 32.7 Å². The summed E-state index contributed by atoms with van der Waals surface area (Å²) >= 11 is 6.35. The van der Waals surface area contributed by atoms with Crippen molar-refractivity contribution in [2.24, 2.45) is 5.92 Å². The number of aryl methyl sites for hydroxylation is 1. The van der Waals surface area contributed by atoms with Gasteiger partial charge in [0.25, 0.3) is 0 Å². The summed E-state index contributed by atoms with van der Waals surface area (Å²) < 4.78 is 5.94. The molecular formula is C17H24ClNO2. The number of aliphatic hydroxyl groups excluding tert-OH is 1. The molecule has 21 heavy (non-hydrogen) atoms. The van der Waals surface area contributed by atoms with Gasteiger partial charge in [-0.2, -0.15) is 0 Å². The monoisotopic (exact) mass is 309 g/mol. The highest BCUT2D eigenvalue weighted by molar-refractivity contribution is 6.32. The Hall–Kier alpha value is -0.770. The summed E-state index contributed by atoms with van der Waals surface area (Å²) in [5.41, 5.74) is 2.83. The number of ether oxygens (including phenoxy) is 1. The van der Waals surface area contributed by atoms with Crippen LogP contribution in [0.2, 0.25) is 5.02 Å². The largest absolute Gasteiger partial charge is 0.491 e. The summed E-state index contributed by atoms with van der Waals surface area (Å²) in [7, 11) is 0. The molecule has 0 aliphatic carbocycles. The molecule has 1 aromatic rings. The van der Waals surface area contributed by atoms with Crippen molar-refractivity contribution >= 4 is 11.6 Å². The molecule has 2 atom stereocenters. The van der Waals surface area contributed by atoms with Gasteiger partial charge in [-0.1, -0.05) is 18.5 Å². The molecule has 116 valence electrons. The number of halogens is 1. The van der Waals surface area contributed by atoms with E-state index in [9.17, 15) is 5.11 Å². The lowest BCUT2D eigenvalue weighted by Crippen LogP contribution is -2.49. The third-order valence-electron chi connectivity index (χ3n) is 5.05. The Morgan fingerprint density at radius 2 is 1.95 bits per heavy atom. The Bertz CT molecular complexity index is 538. The van der Waals surface area contributed by atoms with E-state index in [2.05, 4.69) is 11.8 Å². The lowest BCUT2D eigenvalue weighted by molar-refractivity contribution is -0.0101. The minimum atomic E-state index is -0.514. The number of aliphatic hydroxyl groups is 1. The number of hydrogen-bond acceptors (Lipinski definition) is 3. The van der Waals surface area contributed by atoms with Crippen LogP contribution in [-0.4, -0.2) is 35.7 Å². The maximum Gasteiger partial charge on any atom is 0.125 e. The zero-order valence-electron chi connectivity index (χ0n) is 13.0. The van der Waals surface area contributed by atoms with Gasteiger partial charge < -0.3 is 9.84 Å². The average molecular weight is 310 g/mol. The Morgan fingerprint density at radius 1 is 1.29 bits per heavy atom. The smallest absolute Gasteiger partial charge is 0.125 e. The van der Waals surface area contributed by atoms with Gasteiger partial charge in [0.05, 0.1) is 6.04 Å². The normalized spacial score (nSPS) is 27.3. The van der Waals surface area contributed by atoms with Crippen LogP contribution in [-0.2, 0) is 0 Å². The Kier molecular flexibility index (Phi) is 4.17. The van der Waals surface area contributed by atoms with Crippen LogP contribution in [0.3, 0.4) is 0 Å². The lowest BCUT2D eigenvalue weighted by Gasteiger charge is -2.42. The van der Waals surface area contributed by atoms with Crippen molar-refractivity contribution in [2.75, 3.05) is 19.7 Å². The van der Waals surface area contributed by atoms with E-state index in [4.69, 9.17) is 16.3 Å². The molecule has 3 nitrogen and oxygen atoms in total. The molecule has 0 saturated carbocycles.